The van der Waals surface area contributed by atoms with Gasteiger partial charge in [-0.3, -0.25) is 9.59 Å². The van der Waals surface area contributed by atoms with Gasteiger partial charge in [0, 0.05) is 19.6 Å². The number of rotatable bonds is 5. The zero-order chi connectivity index (χ0) is 14.7. The molecule has 2 amide bonds. The smallest absolute Gasteiger partial charge is 0.244 e. The maximum atomic E-state index is 12.2. The fraction of sp³-hybridized carbons (Fsp3) is 0.769. The highest BCUT2D eigenvalue weighted by molar-refractivity contribution is 5.81. The van der Waals surface area contributed by atoms with Crippen LogP contribution in [0.25, 0.3) is 0 Å². The number of nitrogens with one attached hydrogen (secondary N) is 1. The molecule has 2 aliphatic rings. The second-order valence-electron chi connectivity index (χ2n) is 5.87. The van der Waals surface area contributed by atoms with E-state index < -0.39 is 0 Å². The molecule has 1 aliphatic carbocycles. The molecule has 2 fully saturated rings. The van der Waals surface area contributed by atoms with E-state index in [1.165, 1.54) is 23.9 Å². The van der Waals surface area contributed by atoms with Crippen LogP contribution >= 0.6 is 0 Å². The van der Waals surface area contributed by atoms with Crippen molar-refractivity contribution in [3.05, 3.63) is 6.33 Å². The summed E-state index contributed by atoms with van der Waals surface area (Å²) >= 11 is 0. The first-order valence-corrected chi connectivity index (χ1v) is 7.48. The Balaban J connectivity index is 1.49. The van der Waals surface area contributed by atoms with E-state index in [0.29, 0.717) is 19.0 Å². The SMILES string of the molecule is O=C(NCC1CC1)[C@@H]1CCCN(C(=O)Cn2cnnn2)C1. The summed E-state index contributed by atoms with van der Waals surface area (Å²) in [5, 5.41) is 13.7. The van der Waals surface area contributed by atoms with Crippen molar-refractivity contribution in [1.82, 2.24) is 30.4 Å². The van der Waals surface area contributed by atoms with Gasteiger partial charge in [0.1, 0.15) is 12.9 Å². The molecule has 8 nitrogen and oxygen atoms in total. The first-order chi connectivity index (χ1) is 10.2. The highest BCUT2D eigenvalue weighted by Crippen LogP contribution is 2.27. The maximum Gasteiger partial charge on any atom is 0.244 e. The third-order valence-electron chi connectivity index (χ3n) is 4.10. The lowest BCUT2D eigenvalue weighted by Crippen LogP contribution is -2.46. The summed E-state index contributed by atoms with van der Waals surface area (Å²) in [6.07, 6.45) is 5.58. The molecule has 1 saturated heterocycles. The van der Waals surface area contributed by atoms with Gasteiger partial charge in [0.2, 0.25) is 11.8 Å². The van der Waals surface area contributed by atoms with Crippen LogP contribution < -0.4 is 5.32 Å². The van der Waals surface area contributed by atoms with E-state index in [0.717, 1.165) is 19.4 Å². The predicted molar refractivity (Wildman–Crippen MR) is 72.9 cm³/mol. The molecular formula is C13H20N6O2. The van der Waals surface area contributed by atoms with E-state index in [2.05, 4.69) is 20.8 Å². The molecule has 8 heteroatoms. The van der Waals surface area contributed by atoms with Gasteiger partial charge in [-0.2, -0.15) is 0 Å². The number of likely N-dealkylation sites (tertiary alicyclic amines) is 1. The number of carbonyl (C=O) groups excluding carboxylic acids is 2. The van der Waals surface area contributed by atoms with Gasteiger partial charge in [-0.25, -0.2) is 4.68 Å². The fourth-order valence-electron chi connectivity index (χ4n) is 2.62. The molecule has 0 spiro atoms. The summed E-state index contributed by atoms with van der Waals surface area (Å²) in [7, 11) is 0. The van der Waals surface area contributed by atoms with Crippen molar-refractivity contribution < 1.29 is 9.59 Å². The van der Waals surface area contributed by atoms with Crippen molar-refractivity contribution in [1.29, 1.82) is 0 Å². The first-order valence-electron chi connectivity index (χ1n) is 7.48. The van der Waals surface area contributed by atoms with E-state index in [-0.39, 0.29) is 24.3 Å². The molecule has 114 valence electrons. The number of amides is 2. The molecule has 0 aromatic carbocycles. The summed E-state index contributed by atoms with van der Waals surface area (Å²) in [4.78, 5) is 26.1. The lowest BCUT2D eigenvalue weighted by atomic mass is 9.97. The van der Waals surface area contributed by atoms with Gasteiger partial charge in [-0.05, 0) is 42.0 Å². The topological polar surface area (TPSA) is 93.0 Å². The summed E-state index contributed by atoms with van der Waals surface area (Å²) in [5.74, 6) is 0.634. The fourth-order valence-corrected chi connectivity index (χ4v) is 2.62. The van der Waals surface area contributed by atoms with Crippen LogP contribution in [0.3, 0.4) is 0 Å². The van der Waals surface area contributed by atoms with Gasteiger partial charge >= 0.3 is 0 Å². The van der Waals surface area contributed by atoms with Crippen molar-refractivity contribution >= 4 is 11.8 Å². The molecule has 1 aromatic rings. The summed E-state index contributed by atoms with van der Waals surface area (Å²) in [6.45, 7) is 2.11. The van der Waals surface area contributed by atoms with Crippen LogP contribution in [-0.4, -0.2) is 56.6 Å². The van der Waals surface area contributed by atoms with E-state index in [9.17, 15) is 9.59 Å². The second kappa shape index (κ2) is 6.19. The number of piperidine rings is 1. The molecule has 1 N–H and O–H groups in total. The van der Waals surface area contributed by atoms with Crippen LogP contribution in [-0.2, 0) is 16.1 Å². The molecule has 0 radical (unpaired) electrons. The maximum absolute atomic E-state index is 12.2. The van der Waals surface area contributed by atoms with Crippen molar-refractivity contribution in [2.24, 2.45) is 11.8 Å². The Morgan fingerprint density at radius 2 is 2.14 bits per heavy atom. The van der Waals surface area contributed by atoms with Crippen LogP contribution in [0, 0.1) is 11.8 Å². The van der Waals surface area contributed by atoms with Gasteiger partial charge < -0.3 is 10.2 Å². The van der Waals surface area contributed by atoms with Gasteiger partial charge in [0.25, 0.3) is 0 Å². The zero-order valence-electron chi connectivity index (χ0n) is 11.9. The molecule has 0 unspecified atom stereocenters. The number of aromatic nitrogens is 4. The second-order valence-corrected chi connectivity index (χ2v) is 5.87. The number of hydrogen-bond donors (Lipinski definition) is 1. The molecule has 3 rings (SSSR count). The Kier molecular flexibility index (Phi) is 4.12. The molecule has 1 saturated carbocycles. The van der Waals surface area contributed by atoms with E-state index >= 15 is 0 Å². The summed E-state index contributed by atoms with van der Waals surface area (Å²) < 4.78 is 1.40. The summed E-state index contributed by atoms with van der Waals surface area (Å²) in [6, 6.07) is 0. The zero-order valence-corrected chi connectivity index (χ0v) is 11.9. The van der Waals surface area contributed by atoms with Crippen LogP contribution in [0.5, 0.6) is 0 Å². The lowest BCUT2D eigenvalue weighted by Gasteiger charge is -2.32. The molecular weight excluding hydrogens is 272 g/mol. The molecule has 1 atom stereocenters. The third-order valence-corrected chi connectivity index (χ3v) is 4.10. The molecule has 0 bridgehead atoms. The predicted octanol–water partition coefficient (Wildman–Crippen LogP) is -0.562. The Hall–Kier alpha value is -1.99. The van der Waals surface area contributed by atoms with E-state index in [4.69, 9.17) is 0 Å². The molecule has 21 heavy (non-hydrogen) atoms. The average molecular weight is 292 g/mol. The van der Waals surface area contributed by atoms with Crippen molar-refractivity contribution in [2.45, 2.75) is 32.2 Å². The Bertz CT molecular complexity index is 499. The number of carbonyl (C=O) groups is 2. The van der Waals surface area contributed by atoms with E-state index in [1.807, 2.05) is 0 Å². The van der Waals surface area contributed by atoms with Crippen LogP contribution in [0.1, 0.15) is 25.7 Å². The van der Waals surface area contributed by atoms with Crippen LogP contribution in [0.2, 0.25) is 0 Å². The number of nitrogens with zero attached hydrogens (tertiary/aromatic N) is 5. The summed E-state index contributed by atoms with van der Waals surface area (Å²) in [5.41, 5.74) is 0. The largest absolute Gasteiger partial charge is 0.356 e. The molecule has 1 aromatic heterocycles. The minimum Gasteiger partial charge on any atom is -0.356 e. The molecule has 1 aliphatic heterocycles. The van der Waals surface area contributed by atoms with Gasteiger partial charge in [0.05, 0.1) is 5.92 Å². The van der Waals surface area contributed by atoms with Crippen LogP contribution in [0.15, 0.2) is 6.33 Å². The molecule has 2 heterocycles. The first kappa shape index (κ1) is 14.0. The standard InChI is InChI=1S/C13H20N6O2/c20-12(8-19-9-15-16-17-19)18-5-1-2-11(7-18)13(21)14-6-10-3-4-10/h9-11H,1-8H2,(H,14,21)/t11-/m1/s1. The monoisotopic (exact) mass is 292 g/mol. The normalized spacial score (nSPS) is 22.1. The van der Waals surface area contributed by atoms with E-state index in [1.54, 1.807) is 4.90 Å². The van der Waals surface area contributed by atoms with Crippen molar-refractivity contribution in [3.63, 3.8) is 0 Å². The van der Waals surface area contributed by atoms with Crippen molar-refractivity contribution in [2.75, 3.05) is 19.6 Å². The van der Waals surface area contributed by atoms with Crippen LogP contribution in [0.4, 0.5) is 0 Å². The third kappa shape index (κ3) is 3.77. The minimum atomic E-state index is -0.0877. The quantitative estimate of drug-likeness (QED) is 0.785. The van der Waals surface area contributed by atoms with Gasteiger partial charge in [0.15, 0.2) is 0 Å². The minimum absolute atomic E-state index is 0.0398. The number of hydrogen-bond acceptors (Lipinski definition) is 5. The van der Waals surface area contributed by atoms with Crippen molar-refractivity contribution in [3.8, 4) is 0 Å². The highest BCUT2D eigenvalue weighted by atomic mass is 16.2. The highest BCUT2D eigenvalue weighted by Gasteiger charge is 2.29. The lowest BCUT2D eigenvalue weighted by molar-refractivity contribution is -0.136. The Morgan fingerprint density at radius 1 is 1.29 bits per heavy atom. The average Bonchev–Trinajstić information content (AvgIpc) is 3.20. The Labute approximate surface area is 122 Å². The van der Waals surface area contributed by atoms with Gasteiger partial charge in [-0.15, -0.1) is 5.10 Å². The number of tetrazole rings is 1. The Morgan fingerprint density at radius 3 is 2.86 bits per heavy atom. The van der Waals surface area contributed by atoms with Gasteiger partial charge in [-0.1, -0.05) is 0 Å².